The molecule has 0 saturated heterocycles. The number of methoxy groups -OCH3 is 2. The molecule has 3 rings (SSSR count). The molecule has 0 aliphatic carbocycles. The molecule has 0 saturated carbocycles. The number of anilines is 1. The van der Waals surface area contributed by atoms with Crippen LogP contribution in [0.25, 0.3) is 0 Å². The Morgan fingerprint density at radius 1 is 1.06 bits per heavy atom. The number of nitrogens with zero attached hydrogens (tertiary/aromatic N) is 3. The van der Waals surface area contributed by atoms with Gasteiger partial charge in [-0.15, -0.1) is 0 Å². The first-order valence-corrected chi connectivity index (χ1v) is 9.26. The molecule has 162 valence electrons. The van der Waals surface area contributed by atoms with Crippen molar-refractivity contribution >= 4 is 23.3 Å². The Morgan fingerprint density at radius 3 is 2.22 bits per heavy atom. The number of nitrogens with two attached hydrogens (primary N) is 1. The highest BCUT2D eigenvalue weighted by Crippen LogP contribution is 2.44. The van der Waals surface area contributed by atoms with Gasteiger partial charge in [-0.3, -0.25) is 15.0 Å². The third-order valence-electron chi connectivity index (χ3n) is 4.93. The molecule has 32 heavy (non-hydrogen) atoms. The molecule has 2 aromatic rings. The second-order valence-electron chi connectivity index (χ2n) is 6.58. The van der Waals surface area contributed by atoms with E-state index >= 15 is 0 Å². The van der Waals surface area contributed by atoms with E-state index in [0.29, 0.717) is 5.56 Å². The lowest BCUT2D eigenvalue weighted by molar-refractivity contribution is -0.384. The smallest absolute Gasteiger partial charge is 0.355 e. The maximum atomic E-state index is 12.9. The molecule has 0 amide bonds. The number of hydrogen-bond donors (Lipinski definition) is 1. The van der Waals surface area contributed by atoms with Gasteiger partial charge in [0.1, 0.15) is 17.2 Å². The van der Waals surface area contributed by atoms with Crippen molar-refractivity contribution in [3.63, 3.8) is 0 Å². The summed E-state index contributed by atoms with van der Waals surface area (Å²) in [7, 11) is 2.22. The number of esters is 2. The maximum absolute atomic E-state index is 12.9. The number of para-hydroxylation sites is 2. The molecule has 1 unspecified atom stereocenters. The fourth-order valence-corrected chi connectivity index (χ4v) is 3.57. The highest BCUT2D eigenvalue weighted by Gasteiger charge is 2.44. The van der Waals surface area contributed by atoms with Gasteiger partial charge in [-0.25, -0.2) is 9.59 Å². The second kappa shape index (κ2) is 9.01. The van der Waals surface area contributed by atoms with Gasteiger partial charge in [0.25, 0.3) is 5.69 Å². The Labute approximate surface area is 182 Å². The lowest BCUT2D eigenvalue weighted by atomic mass is 9.81. The lowest BCUT2D eigenvalue weighted by Crippen LogP contribution is -2.41. The van der Waals surface area contributed by atoms with Gasteiger partial charge in [0, 0.05) is 6.07 Å². The van der Waals surface area contributed by atoms with Crippen LogP contribution in [0.5, 0.6) is 0 Å². The topological polar surface area (TPSA) is 149 Å². The lowest BCUT2D eigenvalue weighted by Gasteiger charge is -2.35. The minimum Gasteiger partial charge on any atom is -0.466 e. The summed E-state index contributed by atoms with van der Waals surface area (Å²) < 4.78 is 9.81. The maximum Gasteiger partial charge on any atom is 0.355 e. The van der Waals surface area contributed by atoms with Gasteiger partial charge in [0.2, 0.25) is 0 Å². The summed E-state index contributed by atoms with van der Waals surface area (Å²) in [4.78, 5) is 37.8. The number of hydrogen-bond acceptors (Lipinski definition) is 9. The summed E-state index contributed by atoms with van der Waals surface area (Å²) in [6, 6.07) is 15.9. The minimum atomic E-state index is -1.05. The summed E-state index contributed by atoms with van der Waals surface area (Å²) in [5.41, 5.74) is 5.62. The summed E-state index contributed by atoms with van der Waals surface area (Å²) in [5, 5.41) is 21.6. The Morgan fingerprint density at radius 2 is 1.66 bits per heavy atom. The molecule has 0 fully saturated rings. The van der Waals surface area contributed by atoms with Crippen molar-refractivity contribution in [2.24, 2.45) is 5.73 Å². The highest BCUT2D eigenvalue weighted by molar-refractivity contribution is 6.06. The largest absolute Gasteiger partial charge is 0.466 e. The number of carbonyl (C=O) groups is 2. The summed E-state index contributed by atoms with van der Waals surface area (Å²) >= 11 is 0. The van der Waals surface area contributed by atoms with Gasteiger partial charge in [0.15, 0.2) is 0 Å². The fourth-order valence-electron chi connectivity index (χ4n) is 3.57. The third-order valence-corrected chi connectivity index (χ3v) is 4.93. The molecular formula is C22H18N4O6. The van der Waals surface area contributed by atoms with E-state index in [1.54, 1.807) is 30.3 Å². The number of rotatable bonds is 5. The fraction of sp³-hybridized carbons (Fsp3) is 0.136. The van der Waals surface area contributed by atoms with Crippen LogP contribution in [0.15, 0.2) is 77.3 Å². The standard InChI is InChI=1S/C22H18N4O6/c1-31-21(27)18-17(13-8-4-3-5-9-13)14(12-23)20(24)25(19(18)22(28)32-2)15-10-6-7-11-16(15)26(29)30/h3-11,17H,24H2,1-2H3. The number of allylic oxidation sites excluding steroid dienone is 1. The van der Waals surface area contributed by atoms with Crippen molar-refractivity contribution in [1.29, 1.82) is 5.26 Å². The SMILES string of the molecule is COC(=O)C1=C(C(=O)OC)N(c2ccccc2[N+](=O)[O-])C(N)=C(C#N)C1c1ccccc1. The van der Waals surface area contributed by atoms with E-state index in [9.17, 15) is 25.0 Å². The van der Waals surface area contributed by atoms with E-state index in [1.165, 1.54) is 24.3 Å². The van der Waals surface area contributed by atoms with Crippen molar-refractivity contribution in [2.45, 2.75) is 5.92 Å². The van der Waals surface area contributed by atoms with Crippen molar-refractivity contribution in [3.05, 3.63) is 92.9 Å². The molecule has 1 heterocycles. The molecule has 0 radical (unpaired) electrons. The van der Waals surface area contributed by atoms with E-state index < -0.39 is 28.5 Å². The molecule has 0 aromatic heterocycles. The van der Waals surface area contributed by atoms with Gasteiger partial charge in [-0.1, -0.05) is 42.5 Å². The number of benzene rings is 2. The van der Waals surface area contributed by atoms with Gasteiger partial charge >= 0.3 is 11.9 Å². The third kappa shape index (κ3) is 3.63. The van der Waals surface area contributed by atoms with E-state index in [-0.39, 0.29) is 28.4 Å². The van der Waals surface area contributed by atoms with E-state index in [0.717, 1.165) is 19.1 Å². The molecule has 2 N–H and O–H groups in total. The monoisotopic (exact) mass is 434 g/mol. The predicted molar refractivity (Wildman–Crippen MR) is 113 cm³/mol. The minimum absolute atomic E-state index is 0.0811. The number of nitro groups is 1. The first kappa shape index (κ1) is 22.0. The zero-order valence-corrected chi connectivity index (χ0v) is 17.1. The van der Waals surface area contributed by atoms with Crippen molar-refractivity contribution in [1.82, 2.24) is 0 Å². The Kier molecular flexibility index (Phi) is 6.21. The van der Waals surface area contributed by atoms with Crippen LogP contribution in [-0.4, -0.2) is 31.1 Å². The van der Waals surface area contributed by atoms with Crippen molar-refractivity contribution in [2.75, 3.05) is 19.1 Å². The van der Waals surface area contributed by atoms with Crippen LogP contribution in [0.2, 0.25) is 0 Å². The molecule has 1 aliphatic rings. The molecular weight excluding hydrogens is 416 g/mol. The molecule has 10 heteroatoms. The Balaban J connectivity index is 2.46. The first-order chi connectivity index (χ1) is 15.4. The van der Waals surface area contributed by atoms with Crippen LogP contribution in [0.1, 0.15) is 11.5 Å². The quantitative estimate of drug-likeness (QED) is 0.425. The Hall–Kier alpha value is -4.65. The van der Waals surface area contributed by atoms with Crippen molar-refractivity contribution in [3.8, 4) is 6.07 Å². The highest BCUT2D eigenvalue weighted by atomic mass is 16.6. The molecule has 1 aliphatic heterocycles. The normalized spacial score (nSPS) is 15.8. The van der Waals surface area contributed by atoms with Gasteiger partial charge in [-0.2, -0.15) is 5.26 Å². The average Bonchev–Trinajstić information content (AvgIpc) is 2.82. The van der Waals surface area contributed by atoms with Gasteiger partial charge in [0.05, 0.1) is 42.3 Å². The Bertz CT molecular complexity index is 1200. The first-order valence-electron chi connectivity index (χ1n) is 9.26. The molecule has 1 atom stereocenters. The van der Waals surface area contributed by atoms with E-state index in [4.69, 9.17) is 15.2 Å². The van der Waals surface area contributed by atoms with Gasteiger partial charge in [-0.05, 0) is 11.6 Å². The predicted octanol–water partition coefficient (Wildman–Crippen LogP) is 2.49. The van der Waals surface area contributed by atoms with Crippen LogP contribution < -0.4 is 10.6 Å². The number of carbonyl (C=O) groups excluding carboxylic acids is 2. The summed E-state index contributed by atoms with van der Waals surface area (Å²) in [6.45, 7) is 0. The van der Waals surface area contributed by atoms with Crippen LogP contribution in [0, 0.1) is 21.4 Å². The molecule has 10 nitrogen and oxygen atoms in total. The number of nitriles is 1. The van der Waals surface area contributed by atoms with Gasteiger partial charge < -0.3 is 15.2 Å². The van der Waals surface area contributed by atoms with Crippen LogP contribution >= 0.6 is 0 Å². The van der Waals surface area contributed by atoms with Crippen LogP contribution in [-0.2, 0) is 19.1 Å². The van der Waals surface area contributed by atoms with Crippen LogP contribution in [0.3, 0.4) is 0 Å². The number of nitro benzene ring substituents is 1. The molecule has 0 spiro atoms. The molecule has 0 bridgehead atoms. The average molecular weight is 434 g/mol. The van der Waals surface area contributed by atoms with Crippen LogP contribution in [0.4, 0.5) is 11.4 Å². The zero-order chi connectivity index (χ0) is 23.4. The van der Waals surface area contributed by atoms with E-state index in [2.05, 4.69) is 0 Å². The second-order valence-corrected chi connectivity index (χ2v) is 6.58. The summed E-state index contributed by atoms with van der Waals surface area (Å²) in [5.74, 6) is -3.20. The van der Waals surface area contributed by atoms with Crippen molar-refractivity contribution < 1.29 is 24.0 Å². The molecule has 2 aromatic carbocycles. The van der Waals surface area contributed by atoms with E-state index in [1.807, 2.05) is 6.07 Å². The zero-order valence-electron chi connectivity index (χ0n) is 17.1. The number of ether oxygens (including phenoxy) is 2. The summed E-state index contributed by atoms with van der Waals surface area (Å²) in [6.07, 6.45) is 0.